The fraction of sp³-hybridized carbons (Fsp3) is 0.308. The van der Waals surface area contributed by atoms with E-state index < -0.39 is 0 Å². The van der Waals surface area contributed by atoms with Gasteiger partial charge >= 0.3 is 0 Å². The Hall–Kier alpha value is -1.88. The maximum absolute atomic E-state index is 14.1. The zero-order valence-corrected chi connectivity index (χ0v) is 9.90. The Bertz CT molecular complexity index is 521. The third kappa shape index (κ3) is 2.09. The molecule has 0 spiro atoms. The molecule has 4 nitrogen and oxygen atoms in total. The number of nitrogens with one attached hydrogen (secondary N) is 1. The summed E-state index contributed by atoms with van der Waals surface area (Å²) in [7, 11) is 0. The highest BCUT2D eigenvalue weighted by Gasteiger charge is 2.15. The Labute approximate surface area is 104 Å². The number of aromatic nitrogens is 1. The molecule has 0 unspecified atom stereocenters. The van der Waals surface area contributed by atoms with Crippen molar-refractivity contribution in [2.75, 3.05) is 31.1 Å². The highest BCUT2D eigenvalue weighted by molar-refractivity contribution is 5.63. The summed E-state index contributed by atoms with van der Waals surface area (Å²) in [6, 6.07) is 6.91. The molecular weight excluding hydrogens is 233 g/mol. The summed E-state index contributed by atoms with van der Waals surface area (Å²) in [5, 5.41) is 7.06. The van der Waals surface area contributed by atoms with E-state index in [2.05, 4.69) is 15.4 Å². The smallest absolute Gasteiger partial charge is 0.147 e. The van der Waals surface area contributed by atoms with Gasteiger partial charge in [0.1, 0.15) is 17.8 Å². The number of nitrogens with zero attached hydrogens (tertiary/aromatic N) is 2. The zero-order valence-electron chi connectivity index (χ0n) is 9.90. The summed E-state index contributed by atoms with van der Waals surface area (Å²) in [5.74, 6) is -0.211. The van der Waals surface area contributed by atoms with E-state index >= 15 is 0 Å². The van der Waals surface area contributed by atoms with Gasteiger partial charge < -0.3 is 14.7 Å². The fourth-order valence-corrected chi connectivity index (χ4v) is 2.19. The molecule has 18 heavy (non-hydrogen) atoms. The first kappa shape index (κ1) is 11.2. The number of anilines is 1. The molecule has 0 radical (unpaired) electrons. The van der Waals surface area contributed by atoms with Gasteiger partial charge in [0.05, 0.1) is 5.69 Å². The SMILES string of the molecule is Fc1cc(-c2ccon2)ccc1N1CCNCC1. The number of hydrogen-bond donors (Lipinski definition) is 1. The maximum atomic E-state index is 14.1. The molecule has 3 rings (SSSR count). The molecule has 1 N–H and O–H groups in total. The Morgan fingerprint density at radius 3 is 2.72 bits per heavy atom. The van der Waals surface area contributed by atoms with Crippen molar-refractivity contribution < 1.29 is 8.91 Å². The molecule has 94 valence electrons. The van der Waals surface area contributed by atoms with Gasteiger partial charge in [-0.15, -0.1) is 0 Å². The van der Waals surface area contributed by atoms with Crippen molar-refractivity contribution in [1.82, 2.24) is 10.5 Å². The molecule has 0 amide bonds. The van der Waals surface area contributed by atoms with E-state index in [0.29, 0.717) is 11.4 Å². The van der Waals surface area contributed by atoms with Crippen LogP contribution in [0.5, 0.6) is 0 Å². The lowest BCUT2D eigenvalue weighted by Gasteiger charge is -2.29. The van der Waals surface area contributed by atoms with Gasteiger partial charge in [-0.1, -0.05) is 11.2 Å². The number of hydrogen-bond acceptors (Lipinski definition) is 4. The molecule has 0 bridgehead atoms. The number of halogens is 1. The van der Waals surface area contributed by atoms with Gasteiger partial charge in [-0.05, 0) is 12.1 Å². The topological polar surface area (TPSA) is 41.3 Å². The Kier molecular flexibility index (Phi) is 2.98. The Balaban J connectivity index is 1.89. The molecule has 1 aromatic heterocycles. The monoisotopic (exact) mass is 247 g/mol. The minimum Gasteiger partial charge on any atom is -0.367 e. The Morgan fingerprint density at radius 1 is 1.22 bits per heavy atom. The molecule has 1 fully saturated rings. The highest BCUT2D eigenvalue weighted by atomic mass is 19.1. The second kappa shape index (κ2) is 4.78. The lowest BCUT2D eigenvalue weighted by molar-refractivity contribution is 0.422. The minimum atomic E-state index is -0.211. The van der Waals surface area contributed by atoms with Gasteiger partial charge in [-0.3, -0.25) is 0 Å². The molecular formula is C13H14FN3O. The molecule has 0 aliphatic carbocycles. The van der Waals surface area contributed by atoms with Crippen molar-refractivity contribution >= 4 is 5.69 Å². The second-order valence-electron chi connectivity index (χ2n) is 4.29. The van der Waals surface area contributed by atoms with Crippen molar-refractivity contribution in [3.8, 4) is 11.3 Å². The van der Waals surface area contributed by atoms with E-state index in [1.165, 1.54) is 12.3 Å². The van der Waals surface area contributed by atoms with E-state index in [4.69, 9.17) is 4.52 Å². The van der Waals surface area contributed by atoms with Crippen LogP contribution in [0.25, 0.3) is 11.3 Å². The average molecular weight is 247 g/mol. The van der Waals surface area contributed by atoms with Gasteiger partial charge in [-0.2, -0.15) is 0 Å². The summed E-state index contributed by atoms with van der Waals surface area (Å²) in [5.41, 5.74) is 2.05. The van der Waals surface area contributed by atoms with Crippen LogP contribution in [0.1, 0.15) is 0 Å². The number of rotatable bonds is 2. The molecule has 1 aliphatic rings. The lowest BCUT2D eigenvalue weighted by Crippen LogP contribution is -2.43. The van der Waals surface area contributed by atoms with Crippen LogP contribution in [-0.4, -0.2) is 31.3 Å². The van der Waals surface area contributed by atoms with E-state index in [1.807, 2.05) is 12.1 Å². The third-order valence-electron chi connectivity index (χ3n) is 3.14. The fourth-order valence-electron chi connectivity index (χ4n) is 2.19. The average Bonchev–Trinajstić information content (AvgIpc) is 2.93. The molecule has 5 heteroatoms. The van der Waals surface area contributed by atoms with Gasteiger partial charge in [-0.25, -0.2) is 4.39 Å². The Morgan fingerprint density at radius 2 is 2.06 bits per heavy atom. The largest absolute Gasteiger partial charge is 0.367 e. The van der Waals surface area contributed by atoms with Crippen LogP contribution in [-0.2, 0) is 0 Å². The minimum absolute atomic E-state index is 0.211. The second-order valence-corrected chi connectivity index (χ2v) is 4.29. The number of piperazine rings is 1. The quantitative estimate of drug-likeness (QED) is 0.880. The normalized spacial score (nSPS) is 15.9. The first-order chi connectivity index (χ1) is 8.84. The molecule has 0 atom stereocenters. The molecule has 1 saturated heterocycles. The van der Waals surface area contributed by atoms with E-state index in [0.717, 1.165) is 31.7 Å². The standard InChI is InChI=1S/C13H14FN3O/c14-11-9-10(12-3-8-18-16-12)1-2-13(11)17-6-4-15-5-7-17/h1-3,8-9,15H,4-7H2. The van der Waals surface area contributed by atoms with Crippen molar-refractivity contribution in [1.29, 1.82) is 0 Å². The van der Waals surface area contributed by atoms with Crippen LogP contribution in [0.4, 0.5) is 10.1 Å². The summed E-state index contributed by atoms with van der Waals surface area (Å²) in [6.45, 7) is 3.45. The third-order valence-corrected chi connectivity index (χ3v) is 3.14. The van der Waals surface area contributed by atoms with Crippen molar-refractivity contribution in [3.63, 3.8) is 0 Å². The van der Waals surface area contributed by atoms with E-state index in [1.54, 1.807) is 6.07 Å². The van der Waals surface area contributed by atoms with Crippen molar-refractivity contribution in [3.05, 3.63) is 36.3 Å². The molecule has 1 aromatic carbocycles. The maximum Gasteiger partial charge on any atom is 0.147 e. The van der Waals surface area contributed by atoms with Crippen LogP contribution >= 0.6 is 0 Å². The van der Waals surface area contributed by atoms with E-state index in [9.17, 15) is 4.39 Å². The first-order valence-corrected chi connectivity index (χ1v) is 6.00. The predicted molar refractivity (Wildman–Crippen MR) is 67.0 cm³/mol. The summed E-state index contributed by atoms with van der Waals surface area (Å²) >= 11 is 0. The summed E-state index contributed by atoms with van der Waals surface area (Å²) < 4.78 is 18.9. The van der Waals surface area contributed by atoms with Crippen LogP contribution in [0.15, 0.2) is 35.1 Å². The molecule has 1 aliphatic heterocycles. The lowest BCUT2D eigenvalue weighted by atomic mass is 10.1. The van der Waals surface area contributed by atoms with Gasteiger partial charge in [0.25, 0.3) is 0 Å². The summed E-state index contributed by atoms with van der Waals surface area (Å²) in [4.78, 5) is 2.05. The number of benzene rings is 1. The molecule has 2 heterocycles. The van der Waals surface area contributed by atoms with Gasteiger partial charge in [0, 0.05) is 37.8 Å². The predicted octanol–water partition coefficient (Wildman–Crippen LogP) is 1.89. The molecule has 2 aromatic rings. The van der Waals surface area contributed by atoms with E-state index in [-0.39, 0.29) is 5.82 Å². The van der Waals surface area contributed by atoms with Crippen LogP contribution in [0.3, 0.4) is 0 Å². The van der Waals surface area contributed by atoms with Crippen LogP contribution in [0.2, 0.25) is 0 Å². The molecule has 0 saturated carbocycles. The van der Waals surface area contributed by atoms with Gasteiger partial charge in [0.2, 0.25) is 0 Å². The van der Waals surface area contributed by atoms with Crippen molar-refractivity contribution in [2.45, 2.75) is 0 Å². The van der Waals surface area contributed by atoms with Crippen LogP contribution < -0.4 is 10.2 Å². The van der Waals surface area contributed by atoms with Crippen molar-refractivity contribution in [2.24, 2.45) is 0 Å². The zero-order chi connectivity index (χ0) is 12.4. The highest BCUT2D eigenvalue weighted by Crippen LogP contribution is 2.25. The summed E-state index contributed by atoms with van der Waals surface area (Å²) in [6.07, 6.45) is 1.48. The first-order valence-electron chi connectivity index (χ1n) is 6.00. The van der Waals surface area contributed by atoms with Crippen LogP contribution in [0, 0.1) is 5.82 Å². The van der Waals surface area contributed by atoms with Gasteiger partial charge in [0.15, 0.2) is 0 Å².